The number of alkyl halides is 6. The minimum absolute atomic E-state index is 0.127. The van der Waals surface area contributed by atoms with Crippen molar-refractivity contribution >= 4 is 17.2 Å². The molecule has 0 spiro atoms. The summed E-state index contributed by atoms with van der Waals surface area (Å²) in [5.41, 5.74) is 4.75. The lowest BCUT2D eigenvalue weighted by atomic mass is 10.1. The molecular formula is C11H8F7NOS. The van der Waals surface area contributed by atoms with Crippen LogP contribution in [0.25, 0.3) is 0 Å². The number of hydrogen-bond donors (Lipinski definition) is 1. The van der Waals surface area contributed by atoms with Gasteiger partial charge in [-0.3, -0.25) is 0 Å². The second-order valence-electron chi connectivity index (χ2n) is 3.95. The summed E-state index contributed by atoms with van der Waals surface area (Å²) in [6, 6.07) is 2.73. The maximum Gasteiger partial charge on any atom is 0.423 e. The molecule has 1 aromatic carbocycles. The standard InChI is InChI=1S/C11H8F7NOS/c12-7-2-1-5(3-6(7)8(19)21)4-20-9(10(13,14)15)11(16,17)18/h1-3,9H,4H2,(H2,19,21). The van der Waals surface area contributed by atoms with E-state index < -0.39 is 30.9 Å². The van der Waals surface area contributed by atoms with Crippen LogP contribution in [0.3, 0.4) is 0 Å². The molecule has 0 fully saturated rings. The van der Waals surface area contributed by atoms with Crippen LogP contribution in [0.15, 0.2) is 18.2 Å². The molecule has 0 aliphatic carbocycles. The minimum Gasteiger partial charge on any atom is -0.389 e. The average molecular weight is 335 g/mol. The van der Waals surface area contributed by atoms with Crippen LogP contribution in [-0.2, 0) is 11.3 Å². The Balaban J connectivity index is 2.92. The Kier molecular flexibility index (Phi) is 5.16. The summed E-state index contributed by atoms with van der Waals surface area (Å²) in [6.45, 7) is -1.03. The van der Waals surface area contributed by atoms with Crippen LogP contribution in [0.2, 0.25) is 0 Å². The quantitative estimate of drug-likeness (QED) is 0.676. The largest absolute Gasteiger partial charge is 0.423 e. The Labute approximate surface area is 119 Å². The fraction of sp³-hybridized carbons (Fsp3) is 0.364. The number of benzene rings is 1. The molecule has 0 radical (unpaired) electrons. The van der Waals surface area contributed by atoms with E-state index in [2.05, 4.69) is 17.0 Å². The van der Waals surface area contributed by atoms with Crippen LogP contribution in [0.5, 0.6) is 0 Å². The van der Waals surface area contributed by atoms with Gasteiger partial charge >= 0.3 is 12.4 Å². The van der Waals surface area contributed by atoms with Gasteiger partial charge in [-0.05, 0) is 17.7 Å². The van der Waals surface area contributed by atoms with Crippen molar-refractivity contribution in [3.8, 4) is 0 Å². The smallest absolute Gasteiger partial charge is 0.389 e. The highest BCUT2D eigenvalue weighted by Crippen LogP contribution is 2.36. The van der Waals surface area contributed by atoms with Gasteiger partial charge in [-0.1, -0.05) is 18.3 Å². The lowest BCUT2D eigenvalue weighted by molar-refractivity contribution is -0.324. The highest BCUT2D eigenvalue weighted by molar-refractivity contribution is 7.80. The van der Waals surface area contributed by atoms with Crippen molar-refractivity contribution in [2.75, 3.05) is 0 Å². The fourth-order valence-corrected chi connectivity index (χ4v) is 1.56. The van der Waals surface area contributed by atoms with Crippen molar-refractivity contribution in [1.29, 1.82) is 0 Å². The molecule has 0 heterocycles. The first-order valence-electron chi connectivity index (χ1n) is 5.26. The maximum absolute atomic E-state index is 13.2. The van der Waals surface area contributed by atoms with E-state index in [0.29, 0.717) is 0 Å². The van der Waals surface area contributed by atoms with E-state index in [9.17, 15) is 30.7 Å². The second-order valence-corrected chi connectivity index (χ2v) is 4.39. The van der Waals surface area contributed by atoms with Crippen molar-refractivity contribution in [2.45, 2.75) is 25.1 Å². The van der Waals surface area contributed by atoms with E-state index in [1.807, 2.05) is 0 Å². The lowest BCUT2D eigenvalue weighted by Gasteiger charge is -2.23. The summed E-state index contributed by atoms with van der Waals surface area (Å²) >= 11 is 4.50. The van der Waals surface area contributed by atoms with E-state index >= 15 is 0 Å². The van der Waals surface area contributed by atoms with Gasteiger partial charge in [0.1, 0.15) is 10.8 Å². The molecule has 2 nitrogen and oxygen atoms in total. The van der Waals surface area contributed by atoms with Gasteiger partial charge < -0.3 is 10.5 Å². The maximum atomic E-state index is 13.2. The van der Waals surface area contributed by atoms with Crippen LogP contribution < -0.4 is 5.73 Å². The summed E-state index contributed by atoms with van der Waals surface area (Å²) in [5, 5.41) is 0. The van der Waals surface area contributed by atoms with Gasteiger partial charge in [0.15, 0.2) is 0 Å². The first-order chi connectivity index (χ1) is 9.43. The van der Waals surface area contributed by atoms with Crippen LogP contribution >= 0.6 is 12.2 Å². The molecule has 0 unspecified atom stereocenters. The highest BCUT2D eigenvalue weighted by Gasteiger charge is 2.57. The molecule has 1 aromatic rings. The van der Waals surface area contributed by atoms with Gasteiger partial charge in [-0.2, -0.15) is 26.3 Å². The first-order valence-corrected chi connectivity index (χ1v) is 5.67. The Morgan fingerprint density at radius 1 is 1.14 bits per heavy atom. The number of thiocarbonyl (C=S) groups is 1. The summed E-state index contributed by atoms with van der Waals surface area (Å²) in [7, 11) is 0. The normalized spacial score (nSPS) is 12.8. The topological polar surface area (TPSA) is 35.2 Å². The summed E-state index contributed by atoms with van der Waals surface area (Å²) in [4.78, 5) is -0.377. The van der Waals surface area contributed by atoms with E-state index in [4.69, 9.17) is 5.73 Å². The van der Waals surface area contributed by atoms with Gasteiger partial charge in [-0.15, -0.1) is 0 Å². The predicted molar refractivity (Wildman–Crippen MR) is 63.0 cm³/mol. The third-order valence-corrected chi connectivity index (χ3v) is 2.53. The molecule has 2 N–H and O–H groups in total. The molecule has 0 aliphatic heterocycles. The van der Waals surface area contributed by atoms with E-state index in [-0.39, 0.29) is 16.1 Å². The number of ether oxygens (including phenoxy) is 1. The SMILES string of the molecule is NC(=S)c1cc(COC(C(F)(F)F)C(F)(F)F)ccc1F. The first kappa shape index (κ1) is 17.6. The molecule has 0 aromatic heterocycles. The summed E-state index contributed by atoms with van der Waals surface area (Å²) < 4.78 is 90.6. The predicted octanol–water partition coefficient (Wildman–Crippen LogP) is 3.47. The van der Waals surface area contributed by atoms with Crippen LogP contribution in [0.1, 0.15) is 11.1 Å². The molecular weight excluding hydrogens is 327 g/mol. The molecule has 0 amide bonds. The number of hydrogen-bond acceptors (Lipinski definition) is 2. The third-order valence-electron chi connectivity index (χ3n) is 2.31. The third kappa shape index (κ3) is 4.81. The summed E-state index contributed by atoms with van der Waals surface area (Å²) in [5.74, 6) is -0.838. The number of nitrogens with two attached hydrogens (primary N) is 1. The lowest BCUT2D eigenvalue weighted by Crippen LogP contribution is -2.44. The zero-order valence-corrected chi connectivity index (χ0v) is 10.9. The van der Waals surface area contributed by atoms with E-state index in [1.165, 1.54) is 0 Å². The fourth-order valence-electron chi connectivity index (χ4n) is 1.41. The Morgan fingerprint density at radius 3 is 2.10 bits per heavy atom. The molecule has 0 saturated carbocycles. The molecule has 21 heavy (non-hydrogen) atoms. The second kappa shape index (κ2) is 6.14. The van der Waals surface area contributed by atoms with Crippen molar-refractivity contribution in [3.63, 3.8) is 0 Å². The highest BCUT2D eigenvalue weighted by atomic mass is 32.1. The van der Waals surface area contributed by atoms with Crippen molar-refractivity contribution < 1.29 is 35.5 Å². The Morgan fingerprint density at radius 2 is 1.67 bits per heavy atom. The van der Waals surface area contributed by atoms with Gasteiger partial charge in [0.25, 0.3) is 0 Å². The zero-order valence-electron chi connectivity index (χ0n) is 10.1. The van der Waals surface area contributed by atoms with Gasteiger partial charge in [0.05, 0.1) is 6.61 Å². The minimum atomic E-state index is -5.61. The molecule has 10 heteroatoms. The van der Waals surface area contributed by atoms with Crippen molar-refractivity contribution in [3.05, 3.63) is 35.1 Å². The molecule has 118 valence electrons. The Bertz CT molecular complexity index is 512. The average Bonchev–Trinajstić information content (AvgIpc) is 2.27. The molecule has 0 aliphatic rings. The van der Waals surface area contributed by atoms with Gasteiger partial charge in [0, 0.05) is 5.56 Å². The van der Waals surface area contributed by atoms with E-state index in [0.717, 1.165) is 18.2 Å². The van der Waals surface area contributed by atoms with Gasteiger partial charge in [0.2, 0.25) is 6.10 Å². The van der Waals surface area contributed by atoms with Crippen LogP contribution in [-0.4, -0.2) is 23.4 Å². The van der Waals surface area contributed by atoms with Gasteiger partial charge in [-0.25, -0.2) is 4.39 Å². The summed E-state index contributed by atoms with van der Waals surface area (Å²) in [6.07, 6.45) is -15.1. The molecule has 1 rings (SSSR count). The van der Waals surface area contributed by atoms with E-state index in [1.54, 1.807) is 0 Å². The zero-order chi connectivity index (χ0) is 16.4. The number of rotatable bonds is 4. The molecule has 0 atom stereocenters. The Hall–Kier alpha value is -1.42. The van der Waals surface area contributed by atoms with Crippen molar-refractivity contribution in [1.82, 2.24) is 0 Å². The van der Waals surface area contributed by atoms with Crippen LogP contribution in [0, 0.1) is 5.82 Å². The monoisotopic (exact) mass is 335 g/mol. The van der Waals surface area contributed by atoms with Crippen LogP contribution in [0.4, 0.5) is 30.7 Å². The molecule has 0 saturated heterocycles. The number of halogens is 7. The van der Waals surface area contributed by atoms with Crippen molar-refractivity contribution in [2.24, 2.45) is 5.73 Å². The molecule has 0 bridgehead atoms.